The van der Waals surface area contributed by atoms with Gasteiger partial charge in [0.05, 0.1) is 11.7 Å². The molecule has 1 aliphatic rings. The summed E-state index contributed by atoms with van der Waals surface area (Å²) in [5.74, 6) is -3.56. The molecule has 0 bridgehead atoms. The van der Waals surface area contributed by atoms with Gasteiger partial charge < -0.3 is 21.1 Å². The number of carbonyl (C=O) groups is 2. The van der Waals surface area contributed by atoms with Crippen LogP contribution < -0.4 is 16.0 Å². The highest BCUT2D eigenvalue weighted by molar-refractivity contribution is 6.03. The van der Waals surface area contributed by atoms with Crippen molar-refractivity contribution < 1.29 is 23.5 Å². The molecular formula is C17H13F2N3O3. The Balaban J connectivity index is 1.84. The lowest BCUT2D eigenvalue weighted by atomic mass is 10.1. The smallest absolute Gasteiger partial charge is 0.320 e. The molecule has 0 aromatic heterocycles. The molecule has 128 valence electrons. The van der Waals surface area contributed by atoms with Crippen molar-refractivity contribution in [2.45, 2.75) is 6.04 Å². The first-order chi connectivity index (χ1) is 12.0. The van der Waals surface area contributed by atoms with Gasteiger partial charge in [0.15, 0.2) is 17.4 Å². The Morgan fingerprint density at radius 3 is 2.68 bits per heavy atom. The fourth-order valence-corrected chi connectivity index (χ4v) is 2.41. The normalized spacial score (nSPS) is 16.2. The van der Waals surface area contributed by atoms with Gasteiger partial charge in [-0.2, -0.15) is 0 Å². The molecule has 8 heteroatoms. The first-order valence-corrected chi connectivity index (χ1v) is 7.28. The van der Waals surface area contributed by atoms with Gasteiger partial charge in [-0.3, -0.25) is 4.79 Å². The number of halogens is 2. The predicted molar refractivity (Wildman–Crippen MR) is 87.0 cm³/mol. The summed E-state index contributed by atoms with van der Waals surface area (Å²) >= 11 is 0. The molecule has 4 N–H and O–H groups in total. The zero-order valence-corrected chi connectivity index (χ0v) is 12.7. The third-order valence-electron chi connectivity index (χ3n) is 3.59. The van der Waals surface area contributed by atoms with Crippen LogP contribution in [-0.2, 0) is 4.79 Å². The zero-order valence-electron chi connectivity index (χ0n) is 12.7. The van der Waals surface area contributed by atoms with Crippen LogP contribution in [0.1, 0.15) is 11.6 Å². The second kappa shape index (κ2) is 6.60. The number of hydrogen-bond acceptors (Lipinski definition) is 3. The number of carbonyl (C=O) groups excluding carboxylic acids is 2. The van der Waals surface area contributed by atoms with E-state index in [9.17, 15) is 23.5 Å². The Morgan fingerprint density at radius 2 is 1.88 bits per heavy atom. The molecule has 0 fully saturated rings. The second-order valence-electron chi connectivity index (χ2n) is 5.27. The standard InChI is InChI=1S/C17H13F2N3O3/c18-10-5-3-7-12(15(10)19)21-17(25)22-13-8-14(23)16(24)20-11-6-2-1-4-9(11)13/h1-8,13,23H,(H,20,24)(H2,21,22,25). The van der Waals surface area contributed by atoms with Crippen LogP contribution in [0.5, 0.6) is 0 Å². The van der Waals surface area contributed by atoms with E-state index in [2.05, 4.69) is 16.0 Å². The zero-order chi connectivity index (χ0) is 18.0. The van der Waals surface area contributed by atoms with Crippen LogP contribution >= 0.6 is 0 Å². The van der Waals surface area contributed by atoms with E-state index in [0.29, 0.717) is 11.3 Å². The summed E-state index contributed by atoms with van der Waals surface area (Å²) in [6.45, 7) is 0. The number of anilines is 2. The van der Waals surface area contributed by atoms with Gasteiger partial charge in [-0.1, -0.05) is 24.3 Å². The molecule has 1 unspecified atom stereocenters. The lowest BCUT2D eigenvalue weighted by Gasteiger charge is -2.17. The highest BCUT2D eigenvalue weighted by atomic mass is 19.2. The Bertz CT molecular complexity index is 883. The van der Waals surface area contributed by atoms with Crippen molar-refractivity contribution in [1.82, 2.24) is 5.32 Å². The van der Waals surface area contributed by atoms with Gasteiger partial charge in [0, 0.05) is 11.3 Å². The highest BCUT2D eigenvalue weighted by Crippen LogP contribution is 2.28. The van der Waals surface area contributed by atoms with Crippen LogP contribution in [0.4, 0.5) is 25.0 Å². The lowest BCUT2D eigenvalue weighted by molar-refractivity contribution is -0.115. The van der Waals surface area contributed by atoms with E-state index >= 15 is 0 Å². The van der Waals surface area contributed by atoms with Gasteiger partial charge in [0.2, 0.25) is 0 Å². The number of urea groups is 1. The van der Waals surface area contributed by atoms with Gasteiger partial charge in [-0.05, 0) is 24.3 Å². The molecule has 1 aliphatic heterocycles. The van der Waals surface area contributed by atoms with Gasteiger partial charge in [-0.15, -0.1) is 0 Å². The van der Waals surface area contributed by atoms with E-state index in [0.717, 1.165) is 12.1 Å². The van der Waals surface area contributed by atoms with Crippen molar-refractivity contribution >= 4 is 23.3 Å². The van der Waals surface area contributed by atoms with Crippen LogP contribution in [0.3, 0.4) is 0 Å². The number of aliphatic hydroxyl groups excluding tert-OH is 1. The van der Waals surface area contributed by atoms with Crippen LogP contribution in [-0.4, -0.2) is 17.0 Å². The molecule has 0 saturated carbocycles. The fourth-order valence-electron chi connectivity index (χ4n) is 2.41. The third kappa shape index (κ3) is 3.42. The molecule has 25 heavy (non-hydrogen) atoms. The Hall–Kier alpha value is -3.42. The van der Waals surface area contributed by atoms with Crippen molar-refractivity contribution in [3.63, 3.8) is 0 Å². The van der Waals surface area contributed by atoms with E-state index in [4.69, 9.17) is 0 Å². The SMILES string of the molecule is O=C(Nc1cccc(F)c1F)NC1C=C(O)C(=O)Nc2ccccc21. The minimum Gasteiger partial charge on any atom is -0.503 e. The number of aliphatic hydroxyl groups is 1. The summed E-state index contributed by atoms with van der Waals surface area (Å²) < 4.78 is 26.8. The van der Waals surface area contributed by atoms with E-state index in [1.54, 1.807) is 24.3 Å². The van der Waals surface area contributed by atoms with Crippen molar-refractivity contribution in [2.24, 2.45) is 0 Å². The second-order valence-corrected chi connectivity index (χ2v) is 5.27. The minimum atomic E-state index is -1.19. The molecule has 1 atom stereocenters. The molecule has 1 heterocycles. The molecule has 3 rings (SSSR count). The molecule has 3 amide bonds. The quantitative estimate of drug-likeness (QED) is 0.674. The molecule has 0 aliphatic carbocycles. The van der Waals surface area contributed by atoms with E-state index in [-0.39, 0.29) is 5.69 Å². The molecule has 0 radical (unpaired) electrons. The summed E-state index contributed by atoms with van der Waals surface area (Å²) in [4.78, 5) is 23.9. The van der Waals surface area contributed by atoms with Crippen LogP contribution in [0.2, 0.25) is 0 Å². The summed E-state index contributed by atoms with van der Waals surface area (Å²) in [5, 5.41) is 16.9. The third-order valence-corrected chi connectivity index (χ3v) is 3.59. The van der Waals surface area contributed by atoms with E-state index in [1.165, 1.54) is 12.1 Å². The average Bonchev–Trinajstić information content (AvgIpc) is 2.69. The molecular weight excluding hydrogens is 332 g/mol. The number of hydrogen-bond donors (Lipinski definition) is 4. The maximum atomic E-state index is 13.6. The minimum absolute atomic E-state index is 0.332. The van der Waals surface area contributed by atoms with Crippen molar-refractivity contribution in [3.05, 3.63) is 71.5 Å². The maximum Gasteiger partial charge on any atom is 0.320 e. The summed E-state index contributed by atoms with van der Waals surface area (Å²) in [6, 6.07) is 8.34. The van der Waals surface area contributed by atoms with Crippen LogP contribution in [0.25, 0.3) is 0 Å². The first kappa shape index (κ1) is 16.4. The first-order valence-electron chi connectivity index (χ1n) is 7.28. The average molecular weight is 345 g/mol. The van der Waals surface area contributed by atoms with Gasteiger partial charge in [0.1, 0.15) is 0 Å². The summed E-state index contributed by atoms with van der Waals surface area (Å²) in [5.41, 5.74) is 0.603. The number of fused-ring (bicyclic) bond motifs is 1. The Morgan fingerprint density at radius 1 is 1.12 bits per heavy atom. The van der Waals surface area contributed by atoms with E-state index < -0.39 is 35.4 Å². The maximum absolute atomic E-state index is 13.6. The Labute approximate surface area is 141 Å². The van der Waals surface area contributed by atoms with Crippen molar-refractivity contribution in [2.75, 3.05) is 10.6 Å². The molecule has 0 spiro atoms. The Kier molecular flexibility index (Phi) is 4.34. The predicted octanol–water partition coefficient (Wildman–Crippen LogP) is 3.22. The summed E-state index contributed by atoms with van der Waals surface area (Å²) in [7, 11) is 0. The van der Waals surface area contributed by atoms with Gasteiger partial charge in [0.25, 0.3) is 5.91 Å². The molecule has 6 nitrogen and oxygen atoms in total. The molecule has 0 saturated heterocycles. The number of nitrogens with one attached hydrogen (secondary N) is 3. The van der Waals surface area contributed by atoms with Crippen molar-refractivity contribution in [3.8, 4) is 0 Å². The van der Waals surface area contributed by atoms with Crippen LogP contribution in [0.15, 0.2) is 54.3 Å². The summed E-state index contributed by atoms with van der Waals surface area (Å²) in [6.07, 6.45) is 1.16. The van der Waals surface area contributed by atoms with Gasteiger partial charge in [-0.25, -0.2) is 13.6 Å². The topological polar surface area (TPSA) is 90.5 Å². The van der Waals surface area contributed by atoms with E-state index in [1.807, 2.05) is 0 Å². The number of benzene rings is 2. The molecule has 2 aromatic carbocycles. The van der Waals surface area contributed by atoms with Gasteiger partial charge >= 0.3 is 6.03 Å². The highest BCUT2D eigenvalue weighted by Gasteiger charge is 2.24. The lowest BCUT2D eigenvalue weighted by Crippen LogP contribution is -2.32. The number of amides is 3. The van der Waals surface area contributed by atoms with Crippen LogP contribution in [0, 0.1) is 11.6 Å². The van der Waals surface area contributed by atoms with Crippen molar-refractivity contribution in [1.29, 1.82) is 0 Å². The molecule has 2 aromatic rings. The number of rotatable bonds is 2. The number of para-hydroxylation sites is 1. The monoisotopic (exact) mass is 345 g/mol. The largest absolute Gasteiger partial charge is 0.503 e. The fraction of sp³-hybridized carbons (Fsp3) is 0.0588.